The highest BCUT2D eigenvalue weighted by Crippen LogP contribution is 2.48. The normalized spacial score (nSPS) is 29.8. The monoisotopic (exact) mass is 242 g/mol. The Kier molecular flexibility index (Phi) is 2.24. The molecular formula is C15H18N2O. The van der Waals surface area contributed by atoms with Crippen LogP contribution in [-0.4, -0.2) is 19.0 Å². The van der Waals surface area contributed by atoms with Crippen molar-refractivity contribution in [1.82, 2.24) is 5.32 Å². The summed E-state index contributed by atoms with van der Waals surface area (Å²) in [5, 5.41) is 3.25. The number of para-hydroxylation sites is 1. The van der Waals surface area contributed by atoms with Crippen LogP contribution in [-0.2, 0) is 11.3 Å². The van der Waals surface area contributed by atoms with Crippen molar-refractivity contribution in [3.63, 3.8) is 0 Å². The van der Waals surface area contributed by atoms with Gasteiger partial charge in [0.15, 0.2) is 0 Å². The van der Waals surface area contributed by atoms with Crippen LogP contribution in [0.1, 0.15) is 36.3 Å². The van der Waals surface area contributed by atoms with Crippen molar-refractivity contribution in [1.29, 1.82) is 0 Å². The molecule has 0 saturated heterocycles. The number of nitrogens with one attached hydrogen (secondary N) is 1. The molecule has 1 aromatic carbocycles. The highest BCUT2D eigenvalue weighted by molar-refractivity contribution is 5.97. The lowest BCUT2D eigenvalue weighted by Crippen LogP contribution is -2.42. The van der Waals surface area contributed by atoms with E-state index in [0.717, 1.165) is 13.1 Å². The van der Waals surface area contributed by atoms with Gasteiger partial charge in [-0.2, -0.15) is 0 Å². The highest BCUT2D eigenvalue weighted by atomic mass is 16.2. The van der Waals surface area contributed by atoms with E-state index < -0.39 is 0 Å². The Morgan fingerprint density at radius 2 is 2.17 bits per heavy atom. The van der Waals surface area contributed by atoms with Gasteiger partial charge in [0.2, 0.25) is 5.91 Å². The zero-order chi connectivity index (χ0) is 12.1. The van der Waals surface area contributed by atoms with Crippen molar-refractivity contribution in [3.05, 3.63) is 29.3 Å². The molecule has 2 unspecified atom stereocenters. The summed E-state index contributed by atoms with van der Waals surface area (Å²) in [6.45, 7) is 2.24. The lowest BCUT2D eigenvalue weighted by Gasteiger charge is -2.37. The summed E-state index contributed by atoms with van der Waals surface area (Å²) in [5.41, 5.74) is 3.96. The Hall–Kier alpha value is -1.35. The van der Waals surface area contributed by atoms with Gasteiger partial charge in [-0.15, -0.1) is 0 Å². The van der Waals surface area contributed by atoms with Gasteiger partial charge in [-0.05, 0) is 35.8 Å². The molecule has 1 aliphatic carbocycles. The Morgan fingerprint density at radius 1 is 1.22 bits per heavy atom. The number of hydrogen-bond acceptors (Lipinski definition) is 2. The fourth-order valence-electron chi connectivity index (χ4n) is 4.00. The maximum atomic E-state index is 12.2. The van der Waals surface area contributed by atoms with Crippen LogP contribution < -0.4 is 10.2 Å². The minimum Gasteiger partial charge on any atom is -0.310 e. The number of carbonyl (C=O) groups is 1. The second kappa shape index (κ2) is 3.82. The summed E-state index contributed by atoms with van der Waals surface area (Å²) >= 11 is 0. The molecule has 2 aliphatic heterocycles. The first-order valence-electron chi connectivity index (χ1n) is 6.97. The molecule has 0 radical (unpaired) electrons. The Bertz CT molecular complexity index is 511. The second-order valence-corrected chi connectivity index (χ2v) is 5.76. The SMILES string of the molecule is O=C1CNCc2cccc3c2N1CC1CCCC31. The van der Waals surface area contributed by atoms with E-state index in [4.69, 9.17) is 0 Å². The molecule has 1 N–H and O–H groups in total. The van der Waals surface area contributed by atoms with Crippen LogP contribution in [0, 0.1) is 5.92 Å². The topological polar surface area (TPSA) is 32.3 Å². The van der Waals surface area contributed by atoms with Gasteiger partial charge in [-0.3, -0.25) is 4.79 Å². The van der Waals surface area contributed by atoms with Gasteiger partial charge in [0.05, 0.1) is 12.2 Å². The fraction of sp³-hybridized carbons (Fsp3) is 0.533. The molecule has 4 rings (SSSR count). The van der Waals surface area contributed by atoms with Crippen LogP contribution in [0.25, 0.3) is 0 Å². The zero-order valence-electron chi connectivity index (χ0n) is 10.5. The average Bonchev–Trinajstić information content (AvgIpc) is 2.79. The van der Waals surface area contributed by atoms with Crippen molar-refractivity contribution >= 4 is 11.6 Å². The predicted octanol–water partition coefficient (Wildman–Crippen LogP) is 2.02. The van der Waals surface area contributed by atoms with E-state index in [1.807, 2.05) is 0 Å². The van der Waals surface area contributed by atoms with Gasteiger partial charge in [0, 0.05) is 13.1 Å². The van der Waals surface area contributed by atoms with Crippen LogP contribution in [0.4, 0.5) is 5.69 Å². The first-order chi connectivity index (χ1) is 8.84. The highest BCUT2D eigenvalue weighted by Gasteiger charge is 2.39. The molecule has 1 amide bonds. The number of benzene rings is 1. The lowest BCUT2D eigenvalue weighted by molar-refractivity contribution is -0.117. The average molecular weight is 242 g/mol. The number of nitrogens with zero attached hydrogens (tertiary/aromatic N) is 1. The minimum absolute atomic E-state index is 0.242. The smallest absolute Gasteiger partial charge is 0.240 e. The predicted molar refractivity (Wildman–Crippen MR) is 70.6 cm³/mol. The minimum atomic E-state index is 0.242. The van der Waals surface area contributed by atoms with E-state index in [-0.39, 0.29) is 5.91 Å². The summed E-state index contributed by atoms with van der Waals surface area (Å²) in [6, 6.07) is 6.56. The number of hydrogen-bond donors (Lipinski definition) is 1. The molecule has 0 aromatic heterocycles. The van der Waals surface area contributed by atoms with Crippen LogP contribution in [0.15, 0.2) is 18.2 Å². The molecule has 0 bridgehead atoms. The van der Waals surface area contributed by atoms with Gasteiger partial charge in [-0.1, -0.05) is 24.6 Å². The Morgan fingerprint density at radius 3 is 3.11 bits per heavy atom. The maximum Gasteiger partial charge on any atom is 0.240 e. The van der Waals surface area contributed by atoms with Gasteiger partial charge in [0.1, 0.15) is 0 Å². The van der Waals surface area contributed by atoms with Gasteiger partial charge < -0.3 is 10.2 Å². The number of fused-ring (bicyclic) bond motifs is 2. The molecule has 1 aromatic rings. The van der Waals surface area contributed by atoms with Crippen molar-refractivity contribution in [2.75, 3.05) is 18.0 Å². The molecule has 18 heavy (non-hydrogen) atoms. The van der Waals surface area contributed by atoms with Crippen LogP contribution in [0.5, 0.6) is 0 Å². The maximum absolute atomic E-state index is 12.2. The summed E-state index contributed by atoms with van der Waals surface area (Å²) in [4.78, 5) is 14.3. The third-order valence-electron chi connectivity index (χ3n) is 4.79. The van der Waals surface area contributed by atoms with Crippen LogP contribution in [0.3, 0.4) is 0 Å². The summed E-state index contributed by atoms with van der Waals surface area (Å²) in [6.07, 6.45) is 3.90. The standard InChI is InChI=1S/C15H18N2O/c18-14-8-16-7-10-3-1-6-13-12-5-2-4-11(12)9-17(14)15(10)13/h1,3,6,11-12,16H,2,4-5,7-9H2. The summed E-state index contributed by atoms with van der Waals surface area (Å²) in [7, 11) is 0. The second-order valence-electron chi connectivity index (χ2n) is 5.76. The van der Waals surface area contributed by atoms with E-state index in [9.17, 15) is 4.79 Å². The fourth-order valence-corrected chi connectivity index (χ4v) is 4.00. The van der Waals surface area contributed by atoms with E-state index in [1.165, 1.54) is 36.1 Å². The molecule has 1 saturated carbocycles. The quantitative estimate of drug-likeness (QED) is 0.755. The molecule has 0 spiro atoms. The van der Waals surface area contributed by atoms with Crippen molar-refractivity contribution in [3.8, 4) is 0 Å². The number of amides is 1. The first kappa shape index (κ1) is 10.6. The van der Waals surface area contributed by atoms with Crippen molar-refractivity contribution in [2.24, 2.45) is 5.92 Å². The largest absolute Gasteiger partial charge is 0.310 e. The number of anilines is 1. The first-order valence-corrected chi connectivity index (χ1v) is 6.97. The molecule has 3 nitrogen and oxygen atoms in total. The molecule has 2 atom stereocenters. The zero-order valence-corrected chi connectivity index (χ0v) is 10.5. The molecule has 1 fully saturated rings. The van der Waals surface area contributed by atoms with Crippen LogP contribution in [0.2, 0.25) is 0 Å². The molecular weight excluding hydrogens is 224 g/mol. The summed E-state index contributed by atoms with van der Waals surface area (Å²) in [5.74, 6) is 1.63. The van der Waals surface area contributed by atoms with Gasteiger partial charge in [-0.25, -0.2) is 0 Å². The van der Waals surface area contributed by atoms with E-state index in [0.29, 0.717) is 18.4 Å². The molecule has 3 heteroatoms. The Balaban J connectivity index is 1.92. The van der Waals surface area contributed by atoms with Gasteiger partial charge >= 0.3 is 0 Å². The molecule has 94 valence electrons. The lowest BCUT2D eigenvalue weighted by atomic mass is 9.82. The van der Waals surface area contributed by atoms with E-state index in [2.05, 4.69) is 28.4 Å². The van der Waals surface area contributed by atoms with Crippen molar-refractivity contribution < 1.29 is 4.79 Å². The van der Waals surface area contributed by atoms with Crippen LogP contribution >= 0.6 is 0 Å². The third kappa shape index (κ3) is 1.37. The molecule has 3 aliphatic rings. The third-order valence-corrected chi connectivity index (χ3v) is 4.79. The Labute approximate surface area is 107 Å². The molecule has 2 heterocycles. The van der Waals surface area contributed by atoms with E-state index >= 15 is 0 Å². The van der Waals surface area contributed by atoms with Crippen molar-refractivity contribution in [2.45, 2.75) is 31.7 Å². The van der Waals surface area contributed by atoms with E-state index in [1.54, 1.807) is 0 Å². The summed E-state index contributed by atoms with van der Waals surface area (Å²) < 4.78 is 0. The van der Waals surface area contributed by atoms with Gasteiger partial charge in [0.25, 0.3) is 0 Å². The number of carbonyl (C=O) groups excluding carboxylic acids is 1. The number of rotatable bonds is 0.